The summed E-state index contributed by atoms with van der Waals surface area (Å²) in [6.07, 6.45) is 9.38. The molecule has 36 heavy (non-hydrogen) atoms. The molecule has 196 valence electrons. The van der Waals surface area contributed by atoms with Crippen LogP contribution in [-0.4, -0.2) is 24.0 Å². The molecule has 0 N–H and O–H groups in total. The molecule has 0 heterocycles. The first-order valence-corrected chi connectivity index (χ1v) is 12.9. The summed E-state index contributed by atoms with van der Waals surface area (Å²) >= 11 is 0. The van der Waals surface area contributed by atoms with Gasteiger partial charge in [0.05, 0.1) is 17.2 Å². The van der Waals surface area contributed by atoms with E-state index in [0.717, 1.165) is 31.7 Å². The van der Waals surface area contributed by atoms with Gasteiger partial charge < -0.3 is 14.2 Å². The molecule has 0 bridgehead atoms. The number of unbranched alkanes of at least 4 members (excludes halogenated alkanes) is 6. The number of carbonyl (C=O) groups excluding carboxylic acids is 3. The van der Waals surface area contributed by atoms with E-state index in [2.05, 4.69) is 6.92 Å². The Kier molecular flexibility index (Phi) is 12.7. The van der Waals surface area contributed by atoms with Gasteiger partial charge in [-0.2, -0.15) is 0 Å². The maximum absolute atomic E-state index is 14.4. The molecule has 0 aliphatic heterocycles. The third kappa shape index (κ3) is 10.2. The van der Waals surface area contributed by atoms with Crippen molar-refractivity contribution in [1.82, 2.24) is 0 Å². The standard InChI is InChI=1S/C29H37FO6/c1-4-6-7-8-9-10-11-13-27(31)35-23-16-14-22(15-17-23)28(32)36-24-18-19-25(26(30)20-24)29(33)34-21(3)12-5-2/h14-21H,4-13H2,1-3H3. The maximum Gasteiger partial charge on any atom is 0.343 e. The predicted octanol–water partition coefficient (Wildman–Crippen LogP) is 7.44. The first-order chi connectivity index (χ1) is 17.3. The van der Waals surface area contributed by atoms with Gasteiger partial charge in [0.25, 0.3) is 0 Å². The highest BCUT2D eigenvalue weighted by atomic mass is 19.1. The van der Waals surface area contributed by atoms with Crippen molar-refractivity contribution in [2.45, 2.75) is 91.1 Å². The second kappa shape index (κ2) is 15.7. The molecule has 0 radical (unpaired) electrons. The van der Waals surface area contributed by atoms with E-state index in [1.807, 2.05) is 6.92 Å². The van der Waals surface area contributed by atoms with Gasteiger partial charge in [0.1, 0.15) is 17.3 Å². The van der Waals surface area contributed by atoms with Gasteiger partial charge in [0, 0.05) is 12.5 Å². The van der Waals surface area contributed by atoms with Crippen LogP contribution in [0.5, 0.6) is 11.5 Å². The Balaban J connectivity index is 1.82. The molecule has 0 aliphatic rings. The van der Waals surface area contributed by atoms with Gasteiger partial charge in [-0.1, -0.05) is 58.8 Å². The molecule has 0 fully saturated rings. The van der Waals surface area contributed by atoms with Crippen molar-refractivity contribution in [2.75, 3.05) is 0 Å². The largest absolute Gasteiger partial charge is 0.459 e. The summed E-state index contributed by atoms with van der Waals surface area (Å²) in [7, 11) is 0. The zero-order chi connectivity index (χ0) is 26.3. The van der Waals surface area contributed by atoms with E-state index >= 15 is 0 Å². The number of hydrogen-bond acceptors (Lipinski definition) is 6. The molecule has 0 saturated carbocycles. The molecule has 1 unspecified atom stereocenters. The van der Waals surface area contributed by atoms with Crippen LogP contribution in [-0.2, 0) is 9.53 Å². The van der Waals surface area contributed by atoms with Gasteiger partial charge >= 0.3 is 17.9 Å². The summed E-state index contributed by atoms with van der Waals surface area (Å²) in [6.45, 7) is 5.89. The number of esters is 3. The first-order valence-electron chi connectivity index (χ1n) is 12.9. The van der Waals surface area contributed by atoms with E-state index in [1.165, 1.54) is 62.1 Å². The molecule has 7 heteroatoms. The van der Waals surface area contributed by atoms with Crippen LogP contribution in [0.1, 0.15) is 106 Å². The topological polar surface area (TPSA) is 78.9 Å². The number of carbonyl (C=O) groups is 3. The Morgan fingerprint density at radius 2 is 1.42 bits per heavy atom. The molecule has 0 aromatic heterocycles. The number of rotatable bonds is 15. The smallest absolute Gasteiger partial charge is 0.343 e. The molecule has 2 aromatic rings. The Bertz CT molecular complexity index is 986. The lowest BCUT2D eigenvalue weighted by molar-refractivity contribution is -0.134. The van der Waals surface area contributed by atoms with Gasteiger partial charge in [-0.05, 0) is 56.2 Å². The highest BCUT2D eigenvalue weighted by molar-refractivity contribution is 5.92. The molecule has 0 spiro atoms. The Morgan fingerprint density at radius 1 is 0.778 bits per heavy atom. The fourth-order valence-electron chi connectivity index (χ4n) is 3.67. The summed E-state index contributed by atoms with van der Waals surface area (Å²) in [5.74, 6) is -2.31. The lowest BCUT2D eigenvalue weighted by Crippen LogP contribution is -2.16. The lowest BCUT2D eigenvalue weighted by atomic mass is 10.1. The van der Waals surface area contributed by atoms with Gasteiger partial charge in [-0.15, -0.1) is 0 Å². The zero-order valence-corrected chi connectivity index (χ0v) is 21.5. The molecular formula is C29H37FO6. The average Bonchev–Trinajstić information content (AvgIpc) is 2.84. The monoisotopic (exact) mass is 500 g/mol. The quantitative estimate of drug-likeness (QED) is 0.144. The second-order valence-corrected chi connectivity index (χ2v) is 8.91. The third-order valence-electron chi connectivity index (χ3n) is 5.68. The summed E-state index contributed by atoms with van der Waals surface area (Å²) in [4.78, 5) is 36.6. The Morgan fingerprint density at radius 3 is 2.06 bits per heavy atom. The number of halogens is 1. The summed E-state index contributed by atoms with van der Waals surface area (Å²) < 4.78 is 30.2. The summed E-state index contributed by atoms with van der Waals surface area (Å²) in [5, 5.41) is 0. The fraction of sp³-hybridized carbons (Fsp3) is 0.483. The summed E-state index contributed by atoms with van der Waals surface area (Å²) in [5.41, 5.74) is -0.0143. The van der Waals surface area contributed by atoms with E-state index in [0.29, 0.717) is 18.6 Å². The molecule has 2 rings (SSSR count). The van der Waals surface area contributed by atoms with Crippen molar-refractivity contribution in [3.05, 3.63) is 59.4 Å². The van der Waals surface area contributed by atoms with Gasteiger partial charge in [0.2, 0.25) is 0 Å². The van der Waals surface area contributed by atoms with E-state index in [1.54, 1.807) is 6.92 Å². The van der Waals surface area contributed by atoms with Crippen molar-refractivity contribution >= 4 is 17.9 Å². The van der Waals surface area contributed by atoms with Crippen LogP contribution < -0.4 is 9.47 Å². The van der Waals surface area contributed by atoms with E-state index < -0.39 is 17.8 Å². The molecule has 6 nitrogen and oxygen atoms in total. The Hall–Kier alpha value is -3.22. The van der Waals surface area contributed by atoms with Crippen LogP contribution in [0.2, 0.25) is 0 Å². The van der Waals surface area contributed by atoms with E-state index in [4.69, 9.17) is 14.2 Å². The van der Waals surface area contributed by atoms with Gasteiger partial charge in [0.15, 0.2) is 0 Å². The lowest BCUT2D eigenvalue weighted by Gasteiger charge is -2.13. The maximum atomic E-state index is 14.4. The van der Waals surface area contributed by atoms with Crippen molar-refractivity contribution in [1.29, 1.82) is 0 Å². The van der Waals surface area contributed by atoms with Crippen LogP contribution in [0, 0.1) is 5.82 Å². The van der Waals surface area contributed by atoms with Gasteiger partial charge in [-0.3, -0.25) is 4.79 Å². The van der Waals surface area contributed by atoms with Crippen LogP contribution >= 0.6 is 0 Å². The highest BCUT2D eigenvalue weighted by Gasteiger charge is 2.18. The highest BCUT2D eigenvalue weighted by Crippen LogP contribution is 2.21. The van der Waals surface area contributed by atoms with Crippen LogP contribution in [0.15, 0.2) is 42.5 Å². The second-order valence-electron chi connectivity index (χ2n) is 8.91. The SMILES string of the molecule is CCCCCCCCCC(=O)Oc1ccc(C(=O)Oc2ccc(C(=O)OC(C)CCC)c(F)c2)cc1. The van der Waals surface area contributed by atoms with E-state index in [9.17, 15) is 18.8 Å². The minimum absolute atomic E-state index is 0.0409. The van der Waals surface area contributed by atoms with Crippen LogP contribution in [0.3, 0.4) is 0 Å². The fourth-order valence-corrected chi connectivity index (χ4v) is 3.67. The van der Waals surface area contributed by atoms with Crippen molar-refractivity contribution < 1.29 is 33.0 Å². The normalized spacial score (nSPS) is 11.6. The molecule has 0 aliphatic carbocycles. The predicted molar refractivity (Wildman–Crippen MR) is 136 cm³/mol. The van der Waals surface area contributed by atoms with Crippen molar-refractivity contribution in [3.63, 3.8) is 0 Å². The number of hydrogen-bond donors (Lipinski definition) is 0. The molecule has 0 saturated heterocycles. The summed E-state index contributed by atoms with van der Waals surface area (Å²) in [6, 6.07) is 9.49. The van der Waals surface area contributed by atoms with Crippen molar-refractivity contribution in [3.8, 4) is 11.5 Å². The molecular weight excluding hydrogens is 463 g/mol. The van der Waals surface area contributed by atoms with E-state index in [-0.39, 0.29) is 28.9 Å². The third-order valence-corrected chi connectivity index (χ3v) is 5.68. The zero-order valence-electron chi connectivity index (χ0n) is 21.5. The van der Waals surface area contributed by atoms with Crippen molar-refractivity contribution in [2.24, 2.45) is 0 Å². The minimum Gasteiger partial charge on any atom is -0.459 e. The first kappa shape index (κ1) is 29.0. The minimum atomic E-state index is -0.836. The van der Waals surface area contributed by atoms with Gasteiger partial charge in [-0.25, -0.2) is 14.0 Å². The molecule has 1 atom stereocenters. The molecule has 0 amide bonds. The Labute approximate surface area is 213 Å². The van der Waals surface area contributed by atoms with Crippen LogP contribution in [0.4, 0.5) is 4.39 Å². The average molecular weight is 501 g/mol. The molecule has 2 aromatic carbocycles. The number of ether oxygens (including phenoxy) is 3. The van der Waals surface area contributed by atoms with Crippen LogP contribution in [0.25, 0.3) is 0 Å². The number of benzene rings is 2.